The van der Waals surface area contributed by atoms with Crippen LogP contribution in [0.3, 0.4) is 0 Å². The standard InChI is InChI=1S/C12H10BrClFNO/c1-16-12(7-4-5-17-6-7)8-2-3-9(13)10(14)11(8)15/h2-6,12,16H,1H3. The van der Waals surface area contributed by atoms with Gasteiger partial charge in [-0.25, -0.2) is 4.39 Å². The van der Waals surface area contributed by atoms with Gasteiger partial charge in [0.05, 0.1) is 23.6 Å². The van der Waals surface area contributed by atoms with Gasteiger partial charge in [0.1, 0.15) is 5.82 Å². The highest BCUT2D eigenvalue weighted by Gasteiger charge is 2.20. The largest absolute Gasteiger partial charge is 0.472 e. The van der Waals surface area contributed by atoms with Gasteiger partial charge in [0.25, 0.3) is 0 Å². The molecule has 1 N–H and O–H groups in total. The predicted octanol–water partition coefficient (Wildman–Crippen LogP) is 4.14. The van der Waals surface area contributed by atoms with Crippen LogP contribution in [0.4, 0.5) is 4.39 Å². The molecule has 0 bridgehead atoms. The van der Waals surface area contributed by atoms with Crippen molar-refractivity contribution in [3.8, 4) is 0 Å². The first-order valence-corrected chi connectivity index (χ1v) is 6.15. The molecule has 0 spiro atoms. The summed E-state index contributed by atoms with van der Waals surface area (Å²) < 4.78 is 19.6. The molecule has 1 aromatic heterocycles. The Bertz CT molecular complexity index is 515. The molecule has 0 saturated heterocycles. The molecule has 0 aliphatic carbocycles. The zero-order chi connectivity index (χ0) is 12.4. The fourth-order valence-electron chi connectivity index (χ4n) is 1.70. The molecule has 0 radical (unpaired) electrons. The third kappa shape index (κ3) is 2.39. The van der Waals surface area contributed by atoms with Crippen LogP contribution in [0.2, 0.25) is 5.02 Å². The Balaban J connectivity index is 2.49. The molecule has 0 aliphatic heterocycles. The highest BCUT2D eigenvalue weighted by Crippen LogP contribution is 2.32. The summed E-state index contributed by atoms with van der Waals surface area (Å²) in [5.74, 6) is -0.429. The third-order valence-electron chi connectivity index (χ3n) is 2.54. The van der Waals surface area contributed by atoms with Crippen molar-refractivity contribution in [3.63, 3.8) is 0 Å². The van der Waals surface area contributed by atoms with Gasteiger partial charge in [0, 0.05) is 15.6 Å². The number of benzene rings is 1. The summed E-state index contributed by atoms with van der Waals surface area (Å²) in [5, 5.41) is 3.12. The maximum atomic E-state index is 14.1. The van der Waals surface area contributed by atoms with E-state index in [0.717, 1.165) is 5.56 Å². The van der Waals surface area contributed by atoms with Crippen molar-refractivity contribution in [2.45, 2.75) is 6.04 Å². The number of halogens is 3. The van der Waals surface area contributed by atoms with Gasteiger partial charge < -0.3 is 9.73 Å². The highest BCUT2D eigenvalue weighted by molar-refractivity contribution is 9.10. The Hall–Kier alpha value is -0.840. The van der Waals surface area contributed by atoms with Crippen LogP contribution in [0.1, 0.15) is 17.2 Å². The van der Waals surface area contributed by atoms with Gasteiger partial charge in [0.15, 0.2) is 0 Å². The van der Waals surface area contributed by atoms with Crippen molar-refractivity contribution >= 4 is 27.5 Å². The Morgan fingerprint density at radius 3 is 2.76 bits per heavy atom. The van der Waals surface area contributed by atoms with Crippen molar-refractivity contribution in [2.75, 3.05) is 7.05 Å². The lowest BCUT2D eigenvalue weighted by atomic mass is 10.0. The number of hydrogen-bond donors (Lipinski definition) is 1. The molecule has 0 saturated carbocycles. The first-order valence-electron chi connectivity index (χ1n) is 4.98. The van der Waals surface area contributed by atoms with E-state index in [-0.39, 0.29) is 11.1 Å². The Morgan fingerprint density at radius 2 is 2.18 bits per heavy atom. The fraction of sp³-hybridized carbons (Fsp3) is 0.167. The van der Waals surface area contributed by atoms with Crippen LogP contribution >= 0.6 is 27.5 Å². The third-order valence-corrected chi connectivity index (χ3v) is 3.80. The summed E-state index contributed by atoms with van der Waals surface area (Å²) in [7, 11) is 1.76. The first-order chi connectivity index (χ1) is 8.15. The second-order valence-corrected chi connectivity index (χ2v) is 4.78. The molecule has 1 unspecified atom stereocenters. The second-order valence-electron chi connectivity index (χ2n) is 3.54. The van der Waals surface area contributed by atoms with Crippen molar-refractivity contribution in [1.82, 2.24) is 5.32 Å². The first kappa shape index (κ1) is 12.6. The van der Waals surface area contributed by atoms with Crippen molar-refractivity contribution in [1.29, 1.82) is 0 Å². The highest BCUT2D eigenvalue weighted by atomic mass is 79.9. The normalized spacial score (nSPS) is 12.7. The van der Waals surface area contributed by atoms with E-state index in [1.165, 1.54) is 0 Å². The summed E-state index contributed by atoms with van der Waals surface area (Å²) >= 11 is 9.06. The molecule has 2 nitrogen and oxygen atoms in total. The Kier molecular flexibility index (Phi) is 3.86. The lowest BCUT2D eigenvalue weighted by molar-refractivity contribution is 0.548. The summed E-state index contributed by atoms with van der Waals surface area (Å²) in [6.45, 7) is 0. The van der Waals surface area contributed by atoms with Crippen LogP contribution in [0.5, 0.6) is 0 Å². The number of furan rings is 1. The number of nitrogens with one attached hydrogen (secondary N) is 1. The molecule has 1 aromatic carbocycles. The van der Waals surface area contributed by atoms with Crippen LogP contribution < -0.4 is 5.32 Å². The molecule has 90 valence electrons. The Morgan fingerprint density at radius 1 is 1.41 bits per heavy atom. The van der Waals surface area contributed by atoms with Gasteiger partial charge in [0.2, 0.25) is 0 Å². The van der Waals surface area contributed by atoms with Crippen molar-refractivity contribution < 1.29 is 8.81 Å². The van der Waals surface area contributed by atoms with Crippen LogP contribution in [-0.2, 0) is 0 Å². The minimum absolute atomic E-state index is 0.0891. The second kappa shape index (κ2) is 5.21. The van der Waals surface area contributed by atoms with E-state index in [1.54, 1.807) is 37.8 Å². The Labute approximate surface area is 112 Å². The van der Waals surface area contributed by atoms with Gasteiger partial charge in [-0.1, -0.05) is 17.7 Å². The molecule has 1 atom stereocenters. The molecule has 5 heteroatoms. The van der Waals surface area contributed by atoms with E-state index in [2.05, 4.69) is 21.2 Å². The SMILES string of the molecule is CNC(c1ccoc1)c1ccc(Br)c(Cl)c1F. The van der Waals surface area contributed by atoms with Gasteiger partial charge >= 0.3 is 0 Å². The van der Waals surface area contributed by atoms with Crippen LogP contribution in [0.25, 0.3) is 0 Å². The molecule has 1 heterocycles. The maximum Gasteiger partial charge on any atom is 0.148 e. The summed E-state index contributed by atoms with van der Waals surface area (Å²) in [4.78, 5) is 0. The summed E-state index contributed by atoms with van der Waals surface area (Å²) in [6, 6.07) is 4.93. The lowest BCUT2D eigenvalue weighted by Crippen LogP contribution is -2.18. The smallest absolute Gasteiger partial charge is 0.148 e. The van der Waals surface area contributed by atoms with E-state index in [4.69, 9.17) is 16.0 Å². The van der Waals surface area contributed by atoms with Gasteiger partial charge in [-0.15, -0.1) is 0 Å². The van der Waals surface area contributed by atoms with E-state index >= 15 is 0 Å². The molecule has 0 amide bonds. The molecule has 2 rings (SSSR count). The topological polar surface area (TPSA) is 25.2 Å². The monoisotopic (exact) mass is 317 g/mol. The van der Waals surface area contributed by atoms with Crippen molar-refractivity contribution in [3.05, 3.63) is 57.2 Å². The van der Waals surface area contributed by atoms with Crippen LogP contribution in [-0.4, -0.2) is 7.05 Å². The fourth-order valence-corrected chi connectivity index (χ4v) is 2.18. The number of rotatable bonds is 3. The molecule has 0 aliphatic rings. The van der Waals surface area contributed by atoms with E-state index in [1.807, 2.05) is 0 Å². The van der Waals surface area contributed by atoms with Crippen molar-refractivity contribution in [2.24, 2.45) is 0 Å². The summed E-state index contributed by atoms with van der Waals surface area (Å²) in [5.41, 5.74) is 1.34. The molecular formula is C12H10BrClFNO. The average molecular weight is 319 g/mol. The zero-order valence-corrected chi connectivity index (χ0v) is 11.3. The zero-order valence-electron chi connectivity index (χ0n) is 9.01. The van der Waals surface area contributed by atoms with Crippen LogP contribution in [0.15, 0.2) is 39.6 Å². The minimum Gasteiger partial charge on any atom is -0.472 e. The quantitative estimate of drug-likeness (QED) is 0.860. The molecule has 0 fully saturated rings. The maximum absolute atomic E-state index is 14.1. The summed E-state index contributed by atoms with van der Waals surface area (Å²) in [6.07, 6.45) is 3.13. The lowest BCUT2D eigenvalue weighted by Gasteiger charge is -2.16. The molecule has 2 aromatic rings. The van der Waals surface area contributed by atoms with Gasteiger partial charge in [-0.3, -0.25) is 0 Å². The van der Waals surface area contributed by atoms with Gasteiger partial charge in [-0.05, 0) is 35.1 Å². The number of hydrogen-bond acceptors (Lipinski definition) is 2. The van der Waals surface area contributed by atoms with E-state index in [0.29, 0.717) is 10.0 Å². The molecular weight excluding hydrogens is 308 g/mol. The van der Waals surface area contributed by atoms with E-state index < -0.39 is 5.82 Å². The minimum atomic E-state index is -0.429. The molecule has 17 heavy (non-hydrogen) atoms. The van der Waals surface area contributed by atoms with Crippen LogP contribution in [0, 0.1) is 5.82 Å². The van der Waals surface area contributed by atoms with Gasteiger partial charge in [-0.2, -0.15) is 0 Å². The average Bonchev–Trinajstić information content (AvgIpc) is 2.84. The predicted molar refractivity (Wildman–Crippen MR) is 68.7 cm³/mol. The van der Waals surface area contributed by atoms with E-state index in [9.17, 15) is 4.39 Å².